The summed E-state index contributed by atoms with van der Waals surface area (Å²) in [6.07, 6.45) is 1.93. The molecule has 3 aromatic heterocycles. The number of anilines is 1. The second kappa shape index (κ2) is 9.38. The molecule has 2 saturated heterocycles. The van der Waals surface area contributed by atoms with E-state index in [9.17, 15) is 0 Å². The number of benzene rings is 1. The Morgan fingerprint density at radius 1 is 0.941 bits per heavy atom. The van der Waals surface area contributed by atoms with Crippen molar-refractivity contribution < 1.29 is 9.47 Å². The summed E-state index contributed by atoms with van der Waals surface area (Å²) in [7, 11) is 0. The minimum atomic E-state index is 0.564. The van der Waals surface area contributed by atoms with Gasteiger partial charge in [0.25, 0.3) is 5.95 Å². The maximum Gasteiger partial charge on any atom is 0.254 e. The van der Waals surface area contributed by atoms with Crippen LogP contribution in [0.1, 0.15) is 10.6 Å². The van der Waals surface area contributed by atoms with Crippen molar-refractivity contribution in [3.8, 4) is 17.2 Å². The Bertz CT molecular complexity index is 1290. The number of aromatic nitrogens is 5. The van der Waals surface area contributed by atoms with E-state index in [0.717, 1.165) is 78.4 Å². The molecule has 0 amide bonds. The zero-order valence-corrected chi connectivity index (χ0v) is 20.0. The summed E-state index contributed by atoms with van der Waals surface area (Å²) in [6, 6.07) is 10.4. The second-order valence-electron chi connectivity index (χ2n) is 8.61. The number of thiazole rings is 1. The van der Waals surface area contributed by atoms with Crippen molar-refractivity contribution in [2.75, 3.05) is 57.5 Å². The Morgan fingerprint density at radius 3 is 2.53 bits per heavy atom. The van der Waals surface area contributed by atoms with Gasteiger partial charge >= 0.3 is 0 Å². The Hall–Kier alpha value is -2.92. The van der Waals surface area contributed by atoms with Gasteiger partial charge in [0.15, 0.2) is 10.6 Å². The van der Waals surface area contributed by atoms with Gasteiger partial charge in [0.05, 0.1) is 38.7 Å². The van der Waals surface area contributed by atoms with Crippen LogP contribution in [0.4, 0.5) is 5.82 Å². The average molecular weight is 478 g/mol. The predicted molar refractivity (Wildman–Crippen MR) is 132 cm³/mol. The maximum absolute atomic E-state index is 5.58. The van der Waals surface area contributed by atoms with Crippen molar-refractivity contribution in [3.63, 3.8) is 0 Å². The van der Waals surface area contributed by atoms with E-state index in [4.69, 9.17) is 29.5 Å². The number of nitrogens with zero attached hydrogens (tertiary/aromatic N) is 7. The molecule has 10 heteroatoms. The third kappa shape index (κ3) is 4.41. The highest BCUT2D eigenvalue weighted by Crippen LogP contribution is 2.30. The number of hydrogen-bond donors (Lipinski definition) is 0. The molecule has 0 radical (unpaired) electrons. The van der Waals surface area contributed by atoms with Gasteiger partial charge in [-0.15, -0.1) is 0 Å². The van der Waals surface area contributed by atoms with E-state index < -0.39 is 0 Å². The fraction of sp³-hybridized carbons (Fsp3) is 0.417. The van der Waals surface area contributed by atoms with E-state index in [-0.39, 0.29) is 0 Å². The zero-order chi connectivity index (χ0) is 22.9. The van der Waals surface area contributed by atoms with Crippen LogP contribution in [0.5, 0.6) is 0 Å². The van der Waals surface area contributed by atoms with Crippen molar-refractivity contribution in [1.29, 1.82) is 0 Å². The summed E-state index contributed by atoms with van der Waals surface area (Å²) in [5.41, 5.74) is 4.05. The van der Waals surface area contributed by atoms with Crippen molar-refractivity contribution >= 4 is 27.5 Å². The lowest BCUT2D eigenvalue weighted by Crippen LogP contribution is -2.37. The Kier molecular flexibility index (Phi) is 5.96. The number of fused-ring (bicyclic) bond motifs is 1. The van der Waals surface area contributed by atoms with E-state index in [1.807, 2.05) is 12.3 Å². The van der Waals surface area contributed by atoms with Crippen LogP contribution in [0.2, 0.25) is 0 Å². The number of rotatable bonds is 5. The van der Waals surface area contributed by atoms with Gasteiger partial charge in [0.1, 0.15) is 10.5 Å². The summed E-state index contributed by atoms with van der Waals surface area (Å²) in [5.74, 6) is 1.43. The summed E-state index contributed by atoms with van der Waals surface area (Å²) < 4.78 is 12.8. The van der Waals surface area contributed by atoms with Crippen LogP contribution in [-0.2, 0) is 16.0 Å². The van der Waals surface area contributed by atoms with E-state index in [0.29, 0.717) is 19.2 Å². The fourth-order valence-corrected chi connectivity index (χ4v) is 5.32. The summed E-state index contributed by atoms with van der Waals surface area (Å²) in [5, 5.41) is 5.85. The molecule has 0 unspecified atom stereocenters. The highest BCUT2D eigenvalue weighted by atomic mass is 32.1. The Balaban J connectivity index is 1.38. The van der Waals surface area contributed by atoms with Gasteiger partial charge < -0.3 is 14.4 Å². The Labute approximate surface area is 202 Å². The van der Waals surface area contributed by atoms with Crippen LogP contribution < -0.4 is 4.90 Å². The van der Waals surface area contributed by atoms with E-state index in [1.54, 1.807) is 16.0 Å². The lowest BCUT2D eigenvalue weighted by atomic mass is 10.1. The predicted octanol–water partition coefficient (Wildman–Crippen LogP) is 2.92. The quantitative estimate of drug-likeness (QED) is 0.434. The van der Waals surface area contributed by atoms with E-state index in [2.05, 4.69) is 41.0 Å². The van der Waals surface area contributed by atoms with E-state index in [1.165, 1.54) is 5.56 Å². The summed E-state index contributed by atoms with van der Waals surface area (Å²) >= 11 is 1.64. The minimum Gasteiger partial charge on any atom is -0.379 e. The molecule has 6 rings (SSSR count). The molecule has 0 N–H and O–H groups in total. The molecular formula is C24H27N7O2S. The normalized spacial score (nSPS) is 17.5. The number of ether oxygens (including phenoxy) is 2. The van der Waals surface area contributed by atoms with Gasteiger partial charge in [-0.25, -0.2) is 9.67 Å². The van der Waals surface area contributed by atoms with Crippen molar-refractivity contribution in [2.45, 2.75) is 13.5 Å². The molecule has 4 aromatic rings. The first-order valence-electron chi connectivity index (χ1n) is 11.7. The van der Waals surface area contributed by atoms with E-state index >= 15 is 0 Å². The highest BCUT2D eigenvalue weighted by molar-refractivity contribution is 7.18. The maximum atomic E-state index is 5.58. The first kappa shape index (κ1) is 21.6. The Morgan fingerprint density at radius 2 is 1.74 bits per heavy atom. The van der Waals surface area contributed by atoms with Gasteiger partial charge in [0, 0.05) is 37.9 Å². The van der Waals surface area contributed by atoms with Gasteiger partial charge in [-0.2, -0.15) is 15.1 Å². The lowest BCUT2D eigenvalue weighted by molar-refractivity contribution is 0.0342. The molecule has 1 aromatic carbocycles. The van der Waals surface area contributed by atoms with Crippen LogP contribution in [0.25, 0.3) is 27.6 Å². The van der Waals surface area contributed by atoms with Crippen molar-refractivity contribution in [3.05, 3.63) is 47.1 Å². The number of aryl methyl sites for hydroxylation is 1. The average Bonchev–Trinajstić information content (AvgIpc) is 3.52. The largest absolute Gasteiger partial charge is 0.379 e. The smallest absolute Gasteiger partial charge is 0.254 e. The molecule has 9 nitrogen and oxygen atoms in total. The molecule has 0 aliphatic carbocycles. The number of hydrogen-bond acceptors (Lipinski definition) is 9. The topological polar surface area (TPSA) is 81.4 Å². The molecule has 0 atom stereocenters. The fourth-order valence-electron chi connectivity index (χ4n) is 4.35. The van der Waals surface area contributed by atoms with Crippen LogP contribution in [-0.4, -0.2) is 82.2 Å². The zero-order valence-electron chi connectivity index (χ0n) is 19.2. The first-order chi connectivity index (χ1) is 16.7. The molecule has 2 aliphatic heterocycles. The van der Waals surface area contributed by atoms with Crippen molar-refractivity contribution in [2.24, 2.45) is 0 Å². The SMILES string of the molecule is Cc1cccc(-c2ccn(-c3nc(N4CCOCC4)c4nc(CN5CCOCC5)sc4n3)n2)c1. The second-order valence-corrected chi connectivity index (χ2v) is 9.67. The molecule has 34 heavy (non-hydrogen) atoms. The molecule has 0 bridgehead atoms. The standard InChI is InChI=1S/C24H27N7O2S/c1-17-3-2-4-18(15-17)19-5-6-31(28-19)24-26-22(30-9-13-33-14-10-30)21-23(27-24)34-20(25-21)16-29-7-11-32-12-8-29/h2-6,15H,7-14,16H2,1H3. The monoisotopic (exact) mass is 477 g/mol. The van der Waals surface area contributed by atoms with Gasteiger partial charge in [0.2, 0.25) is 0 Å². The van der Waals surface area contributed by atoms with Crippen LogP contribution in [0.3, 0.4) is 0 Å². The first-order valence-corrected chi connectivity index (χ1v) is 12.5. The van der Waals surface area contributed by atoms with Crippen molar-refractivity contribution in [1.82, 2.24) is 29.6 Å². The molecule has 176 valence electrons. The molecule has 0 spiro atoms. The van der Waals surface area contributed by atoms with Gasteiger partial charge in [-0.05, 0) is 19.1 Å². The molecule has 5 heterocycles. The molecular weight excluding hydrogens is 450 g/mol. The summed E-state index contributed by atoms with van der Waals surface area (Å²) in [4.78, 5) is 20.3. The third-order valence-electron chi connectivity index (χ3n) is 6.15. The lowest BCUT2D eigenvalue weighted by Gasteiger charge is -2.28. The van der Waals surface area contributed by atoms with Crippen LogP contribution in [0, 0.1) is 6.92 Å². The van der Waals surface area contributed by atoms with Gasteiger partial charge in [-0.3, -0.25) is 4.90 Å². The molecule has 2 aliphatic rings. The van der Waals surface area contributed by atoms with Crippen LogP contribution >= 0.6 is 11.3 Å². The molecule has 0 saturated carbocycles. The molecule has 2 fully saturated rings. The highest BCUT2D eigenvalue weighted by Gasteiger charge is 2.22. The van der Waals surface area contributed by atoms with Crippen LogP contribution in [0.15, 0.2) is 36.5 Å². The third-order valence-corrected chi connectivity index (χ3v) is 7.09. The summed E-state index contributed by atoms with van der Waals surface area (Å²) in [6.45, 7) is 9.25. The number of morpholine rings is 2. The van der Waals surface area contributed by atoms with Gasteiger partial charge in [-0.1, -0.05) is 35.1 Å². The minimum absolute atomic E-state index is 0.564.